The highest BCUT2D eigenvalue weighted by atomic mass is 16.5. The van der Waals surface area contributed by atoms with Crippen LogP contribution >= 0.6 is 0 Å². The number of amides is 1. The lowest BCUT2D eigenvalue weighted by molar-refractivity contribution is -0.163. The van der Waals surface area contributed by atoms with Gasteiger partial charge in [-0.2, -0.15) is 0 Å². The van der Waals surface area contributed by atoms with Crippen LogP contribution in [0, 0.1) is 5.41 Å². The Morgan fingerprint density at radius 3 is 2.06 bits per heavy atom. The minimum atomic E-state index is -0.254. The first kappa shape index (κ1) is 12.4. The normalized spacial score (nSPS) is 35.4. The smallest absolute Gasteiger partial charge is 0.312 e. The molecule has 17 heavy (non-hydrogen) atoms. The predicted octanol–water partition coefficient (Wildman–Crippen LogP) is 1.78. The predicted molar refractivity (Wildman–Crippen MR) is 63.3 cm³/mol. The molecule has 3 rings (SSSR count). The number of fused-ring (bicyclic) bond motifs is 3. The van der Waals surface area contributed by atoms with Crippen LogP contribution in [0.4, 0.5) is 0 Å². The van der Waals surface area contributed by atoms with Gasteiger partial charge in [0.1, 0.15) is 0 Å². The molecule has 3 aliphatic rings. The molecule has 0 spiro atoms. The number of hydrogen-bond donors (Lipinski definition) is 1. The van der Waals surface area contributed by atoms with E-state index in [-0.39, 0.29) is 22.8 Å². The Kier molecular flexibility index (Phi) is 3.15. The number of rotatable bonds is 3. The maximum absolute atomic E-state index is 12.0. The minimum absolute atomic E-state index is 0.0314. The summed E-state index contributed by atoms with van der Waals surface area (Å²) in [5, 5.41) is 3.08. The summed E-state index contributed by atoms with van der Waals surface area (Å²) in [6.45, 7) is 3.87. The molecule has 3 aliphatic carbocycles. The topological polar surface area (TPSA) is 55.4 Å². The highest BCUT2D eigenvalue weighted by molar-refractivity contribution is 5.78. The van der Waals surface area contributed by atoms with E-state index in [4.69, 9.17) is 4.74 Å². The monoisotopic (exact) mass is 239 g/mol. The van der Waals surface area contributed by atoms with Crippen LogP contribution in [0.5, 0.6) is 0 Å². The van der Waals surface area contributed by atoms with Crippen LogP contribution in [0.15, 0.2) is 0 Å². The first-order valence-electron chi connectivity index (χ1n) is 6.48. The van der Waals surface area contributed by atoms with Crippen molar-refractivity contribution in [1.29, 1.82) is 0 Å². The van der Waals surface area contributed by atoms with Gasteiger partial charge in [0.05, 0.1) is 12.0 Å². The third-order valence-electron chi connectivity index (χ3n) is 4.40. The van der Waals surface area contributed by atoms with Crippen molar-refractivity contribution in [2.24, 2.45) is 5.41 Å². The SMILES string of the molecule is CCOC(=O)C12CCC(NC(C)=O)(CC1)CC2. The van der Waals surface area contributed by atoms with Crippen molar-refractivity contribution < 1.29 is 14.3 Å². The molecule has 3 fully saturated rings. The van der Waals surface area contributed by atoms with Gasteiger partial charge >= 0.3 is 5.97 Å². The molecule has 0 aromatic heterocycles. The lowest BCUT2D eigenvalue weighted by atomic mass is 9.57. The summed E-state index contributed by atoms with van der Waals surface area (Å²) in [5.41, 5.74) is -0.295. The van der Waals surface area contributed by atoms with E-state index in [0.29, 0.717) is 6.61 Å². The second-order valence-electron chi connectivity index (χ2n) is 5.46. The number of hydrogen-bond acceptors (Lipinski definition) is 3. The number of carbonyl (C=O) groups excluding carboxylic acids is 2. The van der Waals surface area contributed by atoms with Gasteiger partial charge in [0.2, 0.25) is 5.91 Å². The molecule has 0 atom stereocenters. The molecular formula is C13H21NO3. The van der Waals surface area contributed by atoms with Crippen molar-refractivity contribution in [1.82, 2.24) is 5.32 Å². The average molecular weight is 239 g/mol. The van der Waals surface area contributed by atoms with Gasteiger partial charge < -0.3 is 10.1 Å². The number of nitrogens with one attached hydrogen (secondary N) is 1. The average Bonchev–Trinajstić information content (AvgIpc) is 2.30. The van der Waals surface area contributed by atoms with Gasteiger partial charge in [-0.3, -0.25) is 9.59 Å². The lowest BCUT2D eigenvalue weighted by Crippen LogP contribution is -2.58. The second-order valence-corrected chi connectivity index (χ2v) is 5.46. The zero-order chi connectivity index (χ0) is 12.5. The molecular weight excluding hydrogens is 218 g/mol. The molecule has 0 aliphatic heterocycles. The maximum Gasteiger partial charge on any atom is 0.312 e. The summed E-state index contributed by atoms with van der Waals surface area (Å²) in [7, 11) is 0. The van der Waals surface area contributed by atoms with E-state index in [2.05, 4.69) is 5.32 Å². The van der Waals surface area contributed by atoms with Crippen LogP contribution in [0.2, 0.25) is 0 Å². The van der Waals surface area contributed by atoms with Gasteiger partial charge in [-0.25, -0.2) is 0 Å². The lowest BCUT2D eigenvalue weighted by Gasteiger charge is -2.52. The minimum Gasteiger partial charge on any atom is -0.466 e. The van der Waals surface area contributed by atoms with Gasteiger partial charge in [0.15, 0.2) is 0 Å². The van der Waals surface area contributed by atoms with Crippen molar-refractivity contribution in [3.8, 4) is 0 Å². The summed E-state index contributed by atoms with van der Waals surface area (Å²) in [6.07, 6.45) is 5.28. The highest BCUT2D eigenvalue weighted by Crippen LogP contribution is 2.52. The van der Waals surface area contributed by atoms with Crippen LogP contribution in [0.25, 0.3) is 0 Å². The van der Waals surface area contributed by atoms with E-state index in [9.17, 15) is 9.59 Å². The number of ether oxygens (including phenoxy) is 1. The van der Waals surface area contributed by atoms with Crippen molar-refractivity contribution in [3.05, 3.63) is 0 Å². The summed E-state index contributed by atoms with van der Waals surface area (Å²) in [6, 6.07) is 0. The Bertz CT molecular complexity index is 313. The van der Waals surface area contributed by atoms with Crippen LogP contribution < -0.4 is 5.32 Å². The molecule has 0 heterocycles. The molecule has 0 saturated heterocycles. The first-order valence-corrected chi connectivity index (χ1v) is 6.48. The molecule has 2 bridgehead atoms. The summed E-state index contributed by atoms with van der Waals surface area (Å²) < 4.78 is 5.19. The van der Waals surface area contributed by atoms with Crippen LogP contribution in [0.1, 0.15) is 52.4 Å². The summed E-state index contributed by atoms with van der Waals surface area (Å²) in [5.74, 6) is 0.00617. The third-order valence-corrected chi connectivity index (χ3v) is 4.40. The largest absolute Gasteiger partial charge is 0.466 e. The summed E-state index contributed by atoms with van der Waals surface area (Å²) in [4.78, 5) is 23.2. The molecule has 96 valence electrons. The number of esters is 1. The van der Waals surface area contributed by atoms with E-state index >= 15 is 0 Å². The maximum atomic E-state index is 12.0. The Hall–Kier alpha value is -1.06. The van der Waals surface area contributed by atoms with Gasteiger partial charge in [-0.15, -0.1) is 0 Å². The first-order chi connectivity index (χ1) is 8.02. The molecule has 4 nitrogen and oxygen atoms in total. The molecule has 3 saturated carbocycles. The van der Waals surface area contributed by atoms with Gasteiger partial charge in [-0.05, 0) is 45.4 Å². The fraction of sp³-hybridized carbons (Fsp3) is 0.846. The number of carbonyl (C=O) groups is 2. The Morgan fingerprint density at radius 2 is 1.65 bits per heavy atom. The third kappa shape index (κ3) is 2.17. The van der Waals surface area contributed by atoms with Crippen molar-refractivity contribution in [2.75, 3.05) is 6.61 Å². The van der Waals surface area contributed by atoms with Gasteiger partial charge in [-0.1, -0.05) is 0 Å². The fourth-order valence-electron chi connectivity index (χ4n) is 3.34. The molecule has 4 heteroatoms. The van der Waals surface area contributed by atoms with E-state index in [0.717, 1.165) is 38.5 Å². The standard InChI is InChI=1S/C13H21NO3/c1-3-17-11(16)12-4-7-13(8-5-12,9-6-12)14-10(2)15/h3-9H2,1-2H3,(H,14,15). The van der Waals surface area contributed by atoms with Crippen LogP contribution in [0.3, 0.4) is 0 Å². The molecule has 0 aromatic rings. The molecule has 0 radical (unpaired) electrons. The van der Waals surface area contributed by atoms with Gasteiger partial charge in [0.25, 0.3) is 0 Å². The Morgan fingerprint density at radius 1 is 1.12 bits per heavy atom. The fourth-order valence-corrected chi connectivity index (χ4v) is 3.34. The summed E-state index contributed by atoms with van der Waals surface area (Å²) >= 11 is 0. The zero-order valence-electron chi connectivity index (χ0n) is 10.7. The van der Waals surface area contributed by atoms with Crippen molar-refractivity contribution >= 4 is 11.9 Å². The highest BCUT2D eigenvalue weighted by Gasteiger charge is 2.53. The zero-order valence-corrected chi connectivity index (χ0v) is 10.7. The van der Waals surface area contributed by atoms with Crippen LogP contribution in [-0.2, 0) is 14.3 Å². The molecule has 1 amide bonds. The molecule has 1 N–H and O–H groups in total. The Balaban J connectivity index is 2.04. The van der Waals surface area contributed by atoms with Crippen molar-refractivity contribution in [2.45, 2.75) is 57.9 Å². The van der Waals surface area contributed by atoms with E-state index in [1.165, 1.54) is 0 Å². The van der Waals surface area contributed by atoms with E-state index in [1.54, 1.807) is 6.92 Å². The van der Waals surface area contributed by atoms with E-state index in [1.807, 2.05) is 6.92 Å². The van der Waals surface area contributed by atoms with Gasteiger partial charge in [0, 0.05) is 12.5 Å². The molecule has 0 unspecified atom stereocenters. The second kappa shape index (κ2) is 4.31. The van der Waals surface area contributed by atoms with Crippen LogP contribution in [-0.4, -0.2) is 24.0 Å². The quantitative estimate of drug-likeness (QED) is 0.764. The van der Waals surface area contributed by atoms with Crippen molar-refractivity contribution in [3.63, 3.8) is 0 Å². The molecule has 0 aromatic carbocycles. The Labute approximate surface area is 102 Å². The van der Waals surface area contributed by atoms with E-state index < -0.39 is 0 Å².